The van der Waals surface area contributed by atoms with E-state index in [1.54, 1.807) is 12.1 Å². The summed E-state index contributed by atoms with van der Waals surface area (Å²) in [5.41, 5.74) is 0.921. The fourth-order valence-corrected chi connectivity index (χ4v) is 5.29. The van der Waals surface area contributed by atoms with E-state index in [1.165, 1.54) is 6.07 Å². The summed E-state index contributed by atoms with van der Waals surface area (Å²) in [6.45, 7) is 7.30. The third-order valence-electron chi connectivity index (χ3n) is 6.99. The molecule has 0 unspecified atom stereocenters. The first-order valence-electron chi connectivity index (χ1n) is 11.7. The Hall–Kier alpha value is -1.99. The Kier molecular flexibility index (Phi) is 6.92. The molecule has 1 aromatic rings. The van der Waals surface area contributed by atoms with Crippen molar-refractivity contribution in [2.24, 2.45) is 11.8 Å². The lowest BCUT2D eigenvalue weighted by Gasteiger charge is -2.26. The van der Waals surface area contributed by atoms with E-state index in [-0.39, 0.29) is 41.6 Å². The molecule has 1 aliphatic carbocycles. The number of carbonyl (C=O) groups is 2. The van der Waals surface area contributed by atoms with Gasteiger partial charge in [0.25, 0.3) is 0 Å². The van der Waals surface area contributed by atoms with Crippen molar-refractivity contribution in [3.8, 4) is 0 Å². The van der Waals surface area contributed by atoms with Crippen molar-refractivity contribution in [1.82, 2.24) is 15.1 Å². The van der Waals surface area contributed by atoms with Crippen LogP contribution in [0.1, 0.15) is 45.1 Å². The van der Waals surface area contributed by atoms with Crippen molar-refractivity contribution < 1.29 is 18.7 Å². The molecule has 2 heterocycles. The van der Waals surface area contributed by atoms with Gasteiger partial charge in [0, 0.05) is 50.6 Å². The van der Waals surface area contributed by atoms with Crippen LogP contribution in [-0.4, -0.2) is 66.0 Å². The van der Waals surface area contributed by atoms with Crippen molar-refractivity contribution >= 4 is 11.8 Å². The van der Waals surface area contributed by atoms with Crippen molar-refractivity contribution in [1.29, 1.82) is 0 Å². The molecule has 2 amide bonds. The van der Waals surface area contributed by atoms with Crippen LogP contribution in [-0.2, 0) is 20.9 Å². The zero-order valence-corrected chi connectivity index (χ0v) is 18.6. The molecule has 3 aliphatic rings. The second-order valence-electron chi connectivity index (χ2n) is 9.15. The van der Waals surface area contributed by atoms with Crippen LogP contribution in [0.5, 0.6) is 0 Å². The number of benzene rings is 1. The van der Waals surface area contributed by atoms with Crippen LogP contribution in [0.15, 0.2) is 24.3 Å². The average Bonchev–Trinajstić information content (AvgIpc) is 3.34. The Bertz CT molecular complexity index is 796. The lowest BCUT2D eigenvalue weighted by atomic mass is 9.84. The van der Waals surface area contributed by atoms with Crippen LogP contribution >= 0.6 is 0 Å². The fourth-order valence-electron chi connectivity index (χ4n) is 5.29. The first-order valence-corrected chi connectivity index (χ1v) is 11.7. The van der Waals surface area contributed by atoms with Crippen LogP contribution < -0.4 is 5.32 Å². The largest absolute Gasteiger partial charge is 0.376 e. The molecule has 170 valence electrons. The predicted octanol–water partition coefficient (Wildman–Crippen LogP) is 2.57. The minimum absolute atomic E-state index is 0.0968. The van der Waals surface area contributed by atoms with Gasteiger partial charge in [0.05, 0.1) is 19.1 Å². The number of carbonyl (C=O) groups excluding carboxylic acids is 2. The lowest BCUT2D eigenvalue weighted by molar-refractivity contribution is -0.133. The summed E-state index contributed by atoms with van der Waals surface area (Å²) in [6, 6.07) is 7.18. The molecular weight excluding hydrogens is 397 g/mol. The Morgan fingerprint density at radius 2 is 2.00 bits per heavy atom. The highest BCUT2D eigenvalue weighted by Crippen LogP contribution is 2.42. The normalized spacial score (nSPS) is 27.8. The number of fused-ring (bicyclic) bond motifs is 1. The summed E-state index contributed by atoms with van der Waals surface area (Å²) in [7, 11) is 0. The highest BCUT2D eigenvalue weighted by molar-refractivity contribution is 5.77. The van der Waals surface area contributed by atoms with Crippen molar-refractivity contribution in [2.75, 3.05) is 26.2 Å². The van der Waals surface area contributed by atoms with Crippen molar-refractivity contribution in [3.05, 3.63) is 35.6 Å². The second kappa shape index (κ2) is 9.65. The van der Waals surface area contributed by atoms with Gasteiger partial charge in [0.1, 0.15) is 5.82 Å². The highest BCUT2D eigenvalue weighted by Gasteiger charge is 2.51. The second-order valence-corrected chi connectivity index (χ2v) is 9.15. The third-order valence-corrected chi connectivity index (χ3v) is 6.99. The maximum atomic E-state index is 13.7. The van der Waals surface area contributed by atoms with E-state index in [2.05, 4.69) is 10.2 Å². The topological polar surface area (TPSA) is 61.9 Å². The third kappa shape index (κ3) is 5.26. The predicted molar refractivity (Wildman–Crippen MR) is 116 cm³/mol. The number of nitrogens with zero attached hydrogens (tertiary/aromatic N) is 2. The van der Waals surface area contributed by atoms with E-state index in [0.717, 1.165) is 24.9 Å². The summed E-state index contributed by atoms with van der Waals surface area (Å²) >= 11 is 0. The molecule has 0 radical (unpaired) electrons. The number of amides is 2. The molecule has 4 rings (SSSR count). The van der Waals surface area contributed by atoms with Crippen LogP contribution in [0, 0.1) is 17.7 Å². The minimum atomic E-state index is -0.237. The highest BCUT2D eigenvalue weighted by atomic mass is 19.1. The summed E-state index contributed by atoms with van der Waals surface area (Å²) < 4.78 is 19.8. The Morgan fingerprint density at radius 1 is 1.23 bits per heavy atom. The minimum Gasteiger partial charge on any atom is -0.376 e. The van der Waals surface area contributed by atoms with Gasteiger partial charge in [-0.15, -0.1) is 0 Å². The molecule has 1 aromatic carbocycles. The quantitative estimate of drug-likeness (QED) is 0.653. The molecule has 0 aromatic heterocycles. The Morgan fingerprint density at radius 3 is 2.68 bits per heavy atom. The van der Waals surface area contributed by atoms with Gasteiger partial charge in [0.15, 0.2) is 0 Å². The maximum Gasteiger partial charge on any atom is 0.225 e. The summed E-state index contributed by atoms with van der Waals surface area (Å²) in [6.07, 6.45) is 2.78. The van der Waals surface area contributed by atoms with Crippen LogP contribution in [0.4, 0.5) is 4.39 Å². The molecule has 3 fully saturated rings. The Balaban J connectivity index is 1.48. The zero-order valence-electron chi connectivity index (χ0n) is 18.6. The number of halogens is 1. The Labute approximate surface area is 184 Å². The first-order chi connectivity index (χ1) is 15.0. The van der Waals surface area contributed by atoms with Crippen LogP contribution in [0.25, 0.3) is 0 Å². The maximum absolute atomic E-state index is 13.7. The number of likely N-dealkylation sites (tertiary alicyclic amines) is 1. The average molecular weight is 432 g/mol. The zero-order chi connectivity index (χ0) is 22.0. The van der Waals surface area contributed by atoms with Crippen LogP contribution in [0.3, 0.4) is 0 Å². The van der Waals surface area contributed by atoms with Gasteiger partial charge in [-0.2, -0.15) is 0 Å². The summed E-state index contributed by atoms with van der Waals surface area (Å²) in [4.78, 5) is 29.5. The van der Waals surface area contributed by atoms with Gasteiger partial charge in [-0.05, 0) is 50.3 Å². The number of hydrogen-bond acceptors (Lipinski definition) is 4. The standard InChI is InChI=1S/C24H34FN3O3/c1-3-27(4-2)23(30)12-21-24-17(11-22(29)26-19-8-9-19)14-28(20(24)15-31-21)13-16-6-5-7-18(25)10-16/h5-7,10,17,19-21,24H,3-4,8-9,11-15H2,1-2H3,(H,26,29)/t17-,20-,21+,24-/m1/s1. The SMILES string of the molecule is CCN(CC)C(=O)C[C@@H]1OC[C@@H]2[C@H]1[C@H](CC(=O)NC1CC1)CN2Cc1cccc(F)c1. The summed E-state index contributed by atoms with van der Waals surface area (Å²) in [5.74, 6) is 0.242. The van der Waals surface area contributed by atoms with Gasteiger partial charge in [-0.1, -0.05) is 12.1 Å². The molecule has 2 aliphatic heterocycles. The molecule has 4 atom stereocenters. The molecule has 31 heavy (non-hydrogen) atoms. The lowest BCUT2D eigenvalue weighted by Crippen LogP contribution is -2.37. The van der Waals surface area contributed by atoms with Crippen LogP contribution in [0.2, 0.25) is 0 Å². The molecule has 1 N–H and O–H groups in total. The molecule has 0 spiro atoms. The number of hydrogen-bond donors (Lipinski definition) is 1. The van der Waals surface area contributed by atoms with Gasteiger partial charge < -0.3 is 15.0 Å². The van der Waals surface area contributed by atoms with Gasteiger partial charge in [0.2, 0.25) is 11.8 Å². The summed E-state index contributed by atoms with van der Waals surface area (Å²) in [5, 5.41) is 3.10. The molecule has 1 saturated carbocycles. The van der Waals surface area contributed by atoms with E-state index in [9.17, 15) is 14.0 Å². The van der Waals surface area contributed by atoms with Crippen molar-refractivity contribution in [3.63, 3.8) is 0 Å². The number of rotatable bonds is 9. The van der Waals surface area contributed by atoms with E-state index >= 15 is 0 Å². The van der Waals surface area contributed by atoms with E-state index < -0.39 is 0 Å². The monoisotopic (exact) mass is 431 g/mol. The number of nitrogens with one attached hydrogen (secondary N) is 1. The number of ether oxygens (including phenoxy) is 1. The van der Waals surface area contributed by atoms with Gasteiger partial charge >= 0.3 is 0 Å². The fraction of sp³-hybridized carbons (Fsp3) is 0.667. The van der Waals surface area contributed by atoms with Crippen molar-refractivity contribution in [2.45, 2.75) is 64.3 Å². The van der Waals surface area contributed by atoms with E-state index in [1.807, 2.05) is 24.8 Å². The first kappa shape index (κ1) is 22.2. The molecule has 7 heteroatoms. The van der Waals surface area contributed by atoms with E-state index in [4.69, 9.17) is 4.74 Å². The van der Waals surface area contributed by atoms with E-state index in [0.29, 0.717) is 45.1 Å². The smallest absolute Gasteiger partial charge is 0.225 e. The molecule has 6 nitrogen and oxygen atoms in total. The molecular formula is C24H34FN3O3. The molecule has 0 bridgehead atoms. The van der Waals surface area contributed by atoms with Gasteiger partial charge in [-0.25, -0.2) is 4.39 Å². The molecule has 2 saturated heterocycles. The van der Waals surface area contributed by atoms with Gasteiger partial charge in [-0.3, -0.25) is 14.5 Å².